The lowest BCUT2D eigenvalue weighted by molar-refractivity contribution is -0.232. The van der Waals surface area contributed by atoms with Gasteiger partial charge in [0.05, 0.1) is 5.41 Å². The van der Waals surface area contributed by atoms with Crippen LogP contribution in [0, 0.1) is 56.2 Å². The summed E-state index contributed by atoms with van der Waals surface area (Å²) in [5.41, 5.74) is 5.39. The zero-order valence-electron chi connectivity index (χ0n) is 22.7. The maximum atomic E-state index is 14.3. The third kappa shape index (κ3) is 2.80. The van der Waals surface area contributed by atoms with Crippen LogP contribution in [0.3, 0.4) is 0 Å². The van der Waals surface area contributed by atoms with Gasteiger partial charge >= 0.3 is 0 Å². The van der Waals surface area contributed by atoms with E-state index in [2.05, 4.69) is 48.5 Å². The zero-order valence-corrected chi connectivity index (χ0v) is 22.7. The Morgan fingerprint density at radius 3 is 2.12 bits per heavy atom. The summed E-state index contributed by atoms with van der Waals surface area (Å²) in [5, 5.41) is 0. The summed E-state index contributed by atoms with van der Waals surface area (Å²) in [4.78, 5) is 40.2. The van der Waals surface area contributed by atoms with Crippen LogP contribution in [0.5, 0.6) is 0 Å². The van der Waals surface area contributed by atoms with Crippen molar-refractivity contribution in [1.29, 1.82) is 0 Å². The first-order valence-electron chi connectivity index (χ1n) is 13.9. The van der Waals surface area contributed by atoms with Crippen molar-refractivity contribution in [2.24, 2.45) is 61.9 Å². The van der Waals surface area contributed by atoms with Gasteiger partial charge in [0.2, 0.25) is 5.91 Å². The lowest BCUT2D eigenvalue weighted by Crippen LogP contribution is -2.70. The van der Waals surface area contributed by atoms with Crippen molar-refractivity contribution < 1.29 is 14.4 Å². The smallest absolute Gasteiger partial charge is 0.223 e. The van der Waals surface area contributed by atoms with E-state index in [1.807, 2.05) is 0 Å². The van der Waals surface area contributed by atoms with E-state index < -0.39 is 5.41 Å². The minimum atomic E-state index is -0.515. The molecule has 34 heavy (non-hydrogen) atoms. The minimum Gasteiger partial charge on any atom is -0.369 e. The van der Waals surface area contributed by atoms with Crippen LogP contribution in [0.2, 0.25) is 0 Å². The van der Waals surface area contributed by atoms with Gasteiger partial charge in [-0.25, -0.2) is 0 Å². The Hall–Kier alpha value is -1.19. The summed E-state index contributed by atoms with van der Waals surface area (Å²) in [5.74, 6) is 1.25. The number of amides is 1. The van der Waals surface area contributed by atoms with Crippen LogP contribution >= 0.6 is 0 Å². The molecule has 5 fully saturated rings. The molecule has 0 aromatic carbocycles. The number of hydrogen-bond donors (Lipinski definition) is 1. The van der Waals surface area contributed by atoms with E-state index in [1.165, 1.54) is 0 Å². The standard InChI is InChI=1S/C30H47NO3/c1-25(2)12-14-30(24(31)34)15-13-29(7)23(18(30)17-25)19(32)16-21-27(5)10-9-22(33)26(3,4)20(27)8-11-28(21,29)6/h18,20-21,23H,8-17H2,1-7H3,(H2,31,34)/t18-,20-,21+,23-,27-,28+,29+,30-/m0/s1. The summed E-state index contributed by atoms with van der Waals surface area (Å²) in [7, 11) is 0. The normalized spacial score (nSPS) is 51.5. The van der Waals surface area contributed by atoms with Crippen molar-refractivity contribution in [3.05, 3.63) is 0 Å². The molecule has 8 atom stereocenters. The van der Waals surface area contributed by atoms with Crippen LogP contribution in [0.25, 0.3) is 0 Å². The SMILES string of the molecule is CC1(C)CC[C@]2(C(N)=O)CC[C@]3(C)[C@H](C(=O)C[C@@H]4[C@@]5(C)CCC(=O)C(C)(C)[C@@H]5CC[C@]43C)[C@@H]2C1. The Bertz CT molecular complexity index is 951. The number of carbonyl (C=O) groups is 3. The molecule has 0 aliphatic heterocycles. The van der Waals surface area contributed by atoms with Gasteiger partial charge in [0.25, 0.3) is 0 Å². The Labute approximate surface area is 206 Å². The Balaban J connectivity index is 1.60. The maximum Gasteiger partial charge on any atom is 0.223 e. The van der Waals surface area contributed by atoms with Crippen LogP contribution in [-0.4, -0.2) is 17.5 Å². The van der Waals surface area contributed by atoms with Gasteiger partial charge in [-0.1, -0.05) is 48.5 Å². The molecule has 5 saturated carbocycles. The number of rotatable bonds is 1. The Kier molecular flexibility index (Phi) is 5.02. The van der Waals surface area contributed by atoms with E-state index in [4.69, 9.17) is 5.73 Å². The van der Waals surface area contributed by atoms with Gasteiger partial charge in [-0.15, -0.1) is 0 Å². The summed E-state index contributed by atoms with van der Waals surface area (Å²) < 4.78 is 0. The lowest BCUT2D eigenvalue weighted by atomic mass is 9.31. The molecule has 0 unspecified atom stereocenters. The first kappa shape index (κ1) is 24.5. The highest BCUT2D eigenvalue weighted by Crippen LogP contribution is 2.76. The molecule has 4 heteroatoms. The van der Waals surface area contributed by atoms with Crippen molar-refractivity contribution in [3.8, 4) is 0 Å². The topological polar surface area (TPSA) is 77.2 Å². The molecule has 0 heterocycles. The number of fused-ring (bicyclic) bond motifs is 7. The molecule has 4 nitrogen and oxygen atoms in total. The second kappa shape index (κ2) is 6.97. The summed E-state index contributed by atoms with van der Waals surface area (Å²) >= 11 is 0. The number of ketones is 2. The molecule has 0 bridgehead atoms. The fourth-order valence-corrected chi connectivity index (χ4v) is 10.9. The van der Waals surface area contributed by atoms with Crippen LogP contribution in [0.1, 0.15) is 113 Å². The number of primary amides is 1. The van der Waals surface area contributed by atoms with E-state index in [0.717, 1.165) is 51.4 Å². The van der Waals surface area contributed by atoms with Crippen molar-refractivity contribution >= 4 is 17.5 Å². The fourth-order valence-electron chi connectivity index (χ4n) is 10.9. The van der Waals surface area contributed by atoms with Gasteiger partial charge in [0.1, 0.15) is 11.6 Å². The van der Waals surface area contributed by atoms with Gasteiger partial charge in [0.15, 0.2) is 0 Å². The molecule has 5 aliphatic carbocycles. The van der Waals surface area contributed by atoms with Crippen molar-refractivity contribution in [3.63, 3.8) is 0 Å². The van der Waals surface area contributed by atoms with Gasteiger partial charge in [-0.2, -0.15) is 0 Å². The minimum absolute atomic E-state index is 0.0120. The Morgan fingerprint density at radius 1 is 0.824 bits per heavy atom. The van der Waals surface area contributed by atoms with Crippen LogP contribution in [0.4, 0.5) is 0 Å². The van der Waals surface area contributed by atoms with Gasteiger partial charge in [-0.3, -0.25) is 14.4 Å². The van der Waals surface area contributed by atoms with Gasteiger partial charge in [0, 0.05) is 24.2 Å². The second-order valence-electron chi connectivity index (χ2n) is 15.3. The molecule has 5 rings (SSSR count). The number of carbonyl (C=O) groups excluding carboxylic acids is 3. The third-order valence-corrected chi connectivity index (χ3v) is 13.3. The highest BCUT2D eigenvalue weighted by molar-refractivity contribution is 5.88. The third-order valence-electron chi connectivity index (χ3n) is 13.3. The van der Waals surface area contributed by atoms with Crippen molar-refractivity contribution in [2.45, 2.75) is 113 Å². The van der Waals surface area contributed by atoms with E-state index in [1.54, 1.807) is 0 Å². The summed E-state index contributed by atoms with van der Waals surface area (Å²) in [6, 6.07) is 0. The molecule has 0 aromatic heterocycles. The van der Waals surface area contributed by atoms with E-state index in [-0.39, 0.29) is 44.8 Å². The van der Waals surface area contributed by atoms with Crippen molar-refractivity contribution in [1.82, 2.24) is 0 Å². The molecule has 0 spiro atoms. The van der Waals surface area contributed by atoms with E-state index >= 15 is 0 Å². The average molecular weight is 470 g/mol. The highest BCUT2D eigenvalue weighted by Gasteiger charge is 2.72. The molecule has 190 valence electrons. The second-order valence-corrected chi connectivity index (χ2v) is 15.3. The van der Waals surface area contributed by atoms with Gasteiger partial charge in [-0.05, 0) is 90.8 Å². The quantitative estimate of drug-likeness (QED) is 0.504. The fraction of sp³-hybridized carbons (Fsp3) is 0.900. The first-order valence-corrected chi connectivity index (χ1v) is 13.9. The average Bonchev–Trinajstić information content (AvgIpc) is 2.72. The van der Waals surface area contributed by atoms with E-state index in [9.17, 15) is 14.4 Å². The maximum absolute atomic E-state index is 14.3. The Morgan fingerprint density at radius 2 is 1.47 bits per heavy atom. The van der Waals surface area contributed by atoms with E-state index in [0.29, 0.717) is 36.2 Å². The number of nitrogens with two attached hydrogens (primary N) is 1. The van der Waals surface area contributed by atoms with Crippen molar-refractivity contribution in [2.75, 3.05) is 0 Å². The number of hydrogen-bond acceptors (Lipinski definition) is 3. The predicted molar refractivity (Wildman–Crippen MR) is 134 cm³/mol. The summed E-state index contributed by atoms with van der Waals surface area (Å²) in [6.07, 6.45) is 8.81. The number of Topliss-reactive ketones (excluding diaryl/α,β-unsaturated/α-hetero) is 2. The molecule has 0 saturated heterocycles. The molecule has 0 radical (unpaired) electrons. The van der Waals surface area contributed by atoms with Crippen LogP contribution < -0.4 is 5.73 Å². The lowest BCUT2D eigenvalue weighted by Gasteiger charge is -2.72. The molecule has 2 N–H and O–H groups in total. The van der Waals surface area contributed by atoms with Gasteiger partial charge < -0.3 is 5.73 Å². The largest absolute Gasteiger partial charge is 0.369 e. The zero-order chi connectivity index (χ0) is 25.1. The molecule has 5 aliphatic rings. The molecule has 1 amide bonds. The molecular weight excluding hydrogens is 422 g/mol. The highest BCUT2D eigenvalue weighted by atomic mass is 16.1. The van der Waals surface area contributed by atoms with Crippen LogP contribution in [-0.2, 0) is 14.4 Å². The predicted octanol–water partition coefficient (Wildman–Crippen LogP) is 6.10. The summed E-state index contributed by atoms with van der Waals surface area (Å²) in [6.45, 7) is 16.2. The molecular formula is C30H47NO3. The first-order chi connectivity index (χ1) is 15.6. The monoisotopic (exact) mass is 469 g/mol. The molecule has 0 aromatic rings. The van der Waals surface area contributed by atoms with Crippen LogP contribution in [0.15, 0.2) is 0 Å².